The van der Waals surface area contributed by atoms with Crippen molar-refractivity contribution in [2.75, 3.05) is 26.2 Å². The molecule has 0 aliphatic carbocycles. The molecule has 0 N–H and O–H groups in total. The molecule has 2 saturated heterocycles. The first-order valence-electron chi connectivity index (χ1n) is 11.2. The fourth-order valence-electron chi connectivity index (χ4n) is 4.93. The summed E-state index contributed by atoms with van der Waals surface area (Å²) >= 11 is 0. The van der Waals surface area contributed by atoms with Gasteiger partial charge in [-0.25, -0.2) is 9.97 Å². The molecule has 1 atom stereocenters. The summed E-state index contributed by atoms with van der Waals surface area (Å²) in [4.78, 5) is 25.9. The van der Waals surface area contributed by atoms with Crippen LogP contribution in [-0.2, 0) is 6.54 Å². The predicted octanol–water partition coefficient (Wildman–Crippen LogP) is 4.31. The van der Waals surface area contributed by atoms with Crippen molar-refractivity contribution in [1.82, 2.24) is 19.8 Å². The lowest BCUT2D eigenvalue weighted by Gasteiger charge is -2.37. The maximum atomic E-state index is 11.4. The second-order valence-corrected chi connectivity index (χ2v) is 8.70. The molecule has 0 radical (unpaired) electrons. The molecule has 164 valence electrons. The quantitative estimate of drug-likeness (QED) is 0.444. The lowest BCUT2D eigenvalue weighted by Crippen LogP contribution is -2.49. The zero-order chi connectivity index (χ0) is 22.1. The highest BCUT2D eigenvalue weighted by atomic mass is 16.6. The first-order valence-corrected chi connectivity index (χ1v) is 11.2. The van der Waals surface area contributed by atoms with Crippen LogP contribution in [0.2, 0.25) is 0 Å². The molecule has 0 saturated carbocycles. The molecular weight excluding hydrogens is 402 g/mol. The molecule has 7 heteroatoms. The molecule has 2 aliphatic heterocycles. The number of hydrogen-bond acceptors (Lipinski definition) is 6. The van der Waals surface area contributed by atoms with E-state index in [1.165, 1.54) is 25.5 Å². The van der Waals surface area contributed by atoms with E-state index >= 15 is 0 Å². The second-order valence-electron chi connectivity index (χ2n) is 8.70. The van der Waals surface area contributed by atoms with Gasteiger partial charge < -0.3 is 0 Å². The molecule has 2 aromatic carbocycles. The van der Waals surface area contributed by atoms with Gasteiger partial charge in [-0.15, -0.1) is 0 Å². The summed E-state index contributed by atoms with van der Waals surface area (Å²) < 4.78 is 0. The van der Waals surface area contributed by atoms with Gasteiger partial charge in [0, 0.05) is 66.7 Å². The van der Waals surface area contributed by atoms with E-state index in [1.807, 2.05) is 43.3 Å². The summed E-state index contributed by atoms with van der Waals surface area (Å²) in [6.45, 7) is 7.16. The van der Waals surface area contributed by atoms with Gasteiger partial charge in [0.25, 0.3) is 5.69 Å². The van der Waals surface area contributed by atoms with Crippen LogP contribution in [0, 0.1) is 17.0 Å². The molecule has 3 aromatic rings. The van der Waals surface area contributed by atoms with E-state index in [9.17, 15) is 10.1 Å². The highest BCUT2D eigenvalue weighted by Gasteiger charge is 2.31. The van der Waals surface area contributed by atoms with Gasteiger partial charge in [0.05, 0.1) is 10.6 Å². The van der Waals surface area contributed by atoms with Gasteiger partial charge in [0.2, 0.25) is 0 Å². The average Bonchev–Trinajstić information content (AvgIpc) is 3.29. The van der Waals surface area contributed by atoms with Gasteiger partial charge in [0.1, 0.15) is 0 Å². The molecule has 3 heterocycles. The van der Waals surface area contributed by atoms with E-state index in [0.29, 0.717) is 11.9 Å². The molecule has 7 nitrogen and oxygen atoms in total. The number of benzene rings is 2. The van der Waals surface area contributed by atoms with Crippen LogP contribution in [0.4, 0.5) is 5.69 Å². The van der Waals surface area contributed by atoms with E-state index in [-0.39, 0.29) is 10.6 Å². The molecule has 0 spiro atoms. The smallest absolute Gasteiger partial charge is 0.270 e. The Morgan fingerprint density at radius 1 is 1.03 bits per heavy atom. The first-order chi connectivity index (χ1) is 15.6. The Balaban J connectivity index is 1.56. The normalized spacial score (nSPS) is 19.1. The minimum absolute atomic E-state index is 0.0746. The zero-order valence-electron chi connectivity index (χ0n) is 18.3. The van der Waals surface area contributed by atoms with Crippen molar-refractivity contribution in [2.45, 2.75) is 32.4 Å². The third-order valence-corrected chi connectivity index (χ3v) is 6.63. The molecule has 0 amide bonds. The van der Waals surface area contributed by atoms with Gasteiger partial charge in [-0.2, -0.15) is 0 Å². The Morgan fingerprint density at radius 3 is 2.66 bits per heavy atom. The second kappa shape index (κ2) is 8.76. The zero-order valence-corrected chi connectivity index (χ0v) is 18.3. The number of nitro benzene ring substituents is 1. The summed E-state index contributed by atoms with van der Waals surface area (Å²) in [7, 11) is 0. The lowest BCUT2D eigenvalue weighted by molar-refractivity contribution is -0.384. The van der Waals surface area contributed by atoms with Crippen LogP contribution in [0.3, 0.4) is 0 Å². The minimum Gasteiger partial charge on any atom is -0.298 e. The van der Waals surface area contributed by atoms with Gasteiger partial charge in [0.15, 0.2) is 5.82 Å². The Morgan fingerprint density at radius 2 is 1.84 bits per heavy atom. The number of piperazine rings is 1. The summed E-state index contributed by atoms with van der Waals surface area (Å²) in [6.07, 6.45) is 2.54. The van der Waals surface area contributed by atoms with Gasteiger partial charge in [-0.1, -0.05) is 42.5 Å². The topological polar surface area (TPSA) is 75.4 Å². The Hall–Kier alpha value is -3.16. The largest absolute Gasteiger partial charge is 0.298 e. The SMILES string of the molecule is Cc1nc(-c2ccccc2)nc(-c2cccc([N+](=O)[O-])c2)c1CN1CCN2CCC[C@@H]2C1. The molecule has 2 aliphatic rings. The highest BCUT2D eigenvalue weighted by Crippen LogP contribution is 2.31. The van der Waals surface area contributed by atoms with Crippen LogP contribution < -0.4 is 0 Å². The summed E-state index contributed by atoms with van der Waals surface area (Å²) in [5.41, 5.74) is 4.54. The van der Waals surface area contributed by atoms with Gasteiger partial charge in [-0.3, -0.25) is 19.9 Å². The highest BCUT2D eigenvalue weighted by molar-refractivity contribution is 5.69. The Kier molecular flexibility index (Phi) is 5.68. The molecule has 0 unspecified atom stereocenters. The van der Waals surface area contributed by atoms with Crippen molar-refractivity contribution < 1.29 is 4.92 Å². The molecule has 5 rings (SSSR count). The maximum absolute atomic E-state index is 11.4. The maximum Gasteiger partial charge on any atom is 0.270 e. The number of nitrogens with zero attached hydrogens (tertiary/aromatic N) is 5. The fraction of sp³-hybridized carbons (Fsp3) is 0.360. The number of rotatable bonds is 5. The number of aromatic nitrogens is 2. The minimum atomic E-state index is -0.353. The van der Waals surface area contributed by atoms with Crippen LogP contribution in [0.25, 0.3) is 22.6 Å². The third-order valence-electron chi connectivity index (χ3n) is 6.63. The first kappa shape index (κ1) is 20.7. The van der Waals surface area contributed by atoms with Crippen molar-refractivity contribution in [3.8, 4) is 22.6 Å². The fourth-order valence-corrected chi connectivity index (χ4v) is 4.93. The van der Waals surface area contributed by atoms with Crippen molar-refractivity contribution in [3.05, 3.63) is 76.0 Å². The summed E-state index contributed by atoms with van der Waals surface area (Å²) in [5, 5.41) is 11.4. The number of non-ortho nitro benzene ring substituents is 1. The summed E-state index contributed by atoms with van der Waals surface area (Å²) in [5.74, 6) is 0.647. The van der Waals surface area contributed by atoms with Crippen LogP contribution in [0.15, 0.2) is 54.6 Å². The molecular formula is C25H27N5O2. The number of fused-ring (bicyclic) bond motifs is 1. The van der Waals surface area contributed by atoms with E-state index in [4.69, 9.17) is 9.97 Å². The number of aryl methyl sites for hydroxylation is 1. The van der Waals surface area contributed by atoms with Crippen molar-refractivity contribution >= 4 is 5.69 Å². The van der Waals surface area contributed by atoms with Gasteiger partial charge >= 0.3 is 0 Å². The van der Waals surface area contributed by atoms with E-state index < -0.39 is 0 Å². The van der Waals surface area contributed by atoms with Crippen molar-refractivity contribution in [1.29, 1.82) is 0 Å². The number of nitro groups is 1. The third kappa shape index (κ3) is 4.13. The number of hydrogen-bond donors (Lipinski definition) is 0. The monoisotopic (exact) mass is 429 g/mol. The Labute approximate surface area is 187 Å². The molecule has 0 bridgehead atoms. The van der Waals surface area contributed by atoms with Crippen LogP contribution >= 0.6 is 0 Å². The van der Waals surface area contributed by atoms with Crippen molar-refractivity contribution in [3.63, 3.8) is 0 Å². The van der Waals surface area contributed by atoms with E-state index in [0.717, 1.165) is 54.3 Å². The van der Waals surface area contributed by atoms with Crippen LogP contribution in [-0.4, -0.2) is 56.9 Å². The van der Waals surface area contributed by atoms with E-state index in [2.05, 4.69) is 9.80 Å². The molecule has 1 aromatic heterocycles. The lowest BCUT2D eigenvalue weighted by atomic mass is 10.0. The average molecular weight is 430 g/mol. The van der Waals surface area contributed by atoms with Crippen molar-refractivity contribution in [2.24, 2.45) is 0 Å². The predicted molar refractivity (Wildman–Crippen MR) is 124 cm³/mol. The summed E-state index contributed by atoms with van der Waals surface area (Å²) in [6, 6.07) is 17.3. The van der Waals surface area contributed by atoms with Crippen LogP contribution in [0.5, 0.6) is 0 Å². The van der Waals surface area contributed by atoms with Crippen LogP contribution in [0.1, 0.15) is 24.1 Å². The molecule has 2 fully saturated rings. The Bertz CT molecular complexity index is 1130. The van der Waals surface area contributed by atoms with Gasteiger partial charge in [-0.05, 0) is 26.3 Å². The molecule has 32 heavy (non-hydrogen) atoms. The van der Waals surface area contributed by atoms with E-state index in [1.54, 1.807) is 12.1 Å². The standard InChI is InChI=1S/C25H27N5O2/c1-18-23(17-28-13-14-29-12-6-11-22(29)16-28)24(20-9-5-10-21(15-20)30(31)32)27-25(26-18)19-7-3-2-4-8-19/h2-5,7-10,15,22H,6,11-14,16-17H2,1H3/t22-/m1/s1.